The van der Waals surface area contributed by atoms with Crippen LogP contribution in [0.2, 0.25) is 0 Å². The lowest BCUT2D eigenvalue weighted by atomic mass is 9.83. The number of benzene rings is 3. The second-order valence-electron chi connectivity index (χ2n) is 6.24. The maximum absolute atomic E-state index is 13.0. The maximum Gasteiger partial charge on any atom is 0.294 e. The first-order valence-electron chi connectivity index (χ1n) is 8.16. The van der Waals surface area contributed by atoms with E-state index in [2.05, 4.69) is 5.32 Å². The van der Waals surface area contributed by atoms with Crippen LogP contribution in [-0.4, -0.2) is 29.6 Å². The Morgan fingerprint density at radius 1 is 0.786 bits per heavy atom. The molecule has 0 aliphatic heterocycles. The molecule has 0 saturated heterocycles. The predicted molar refractivity (Wildman–Crippen MR) is 101 cm³/mol. The molecule has 8 heteroatoms. The fourth-order valence-corrected chi connectivity index (χ4v) is 3.68. The Kier molecular flexibility index (Phi) is 4.02. The molecule has 3 aromatic rings. The number of phenolic OH excluding ortho intramolecular Hbond substituents is 1. The van der Waals surface area contributed by atoms with Crippen molar-refractivity contribution in [2.75, 3.05) is 5.32 Å². The van der Waals surface area contributed by atoms with Gasteiger partial charge in [0.05, 0.1) is 16.1 Å². The van der Waals surface area contributed by atoms with Gasteiger partial charge in [0, 0.05) is 22.4 Å². The molecule has 0 bridgehead atoms. The molecule has 0 fully saturated rings. The largest absolute Gasteiger partial charge is 0.508 e. The molecule has 0 aromatic heterocycles. The highest BCUT2D eigenvalue weighted by Crippen LogP contribution is 2.35. The number of carbonyl (C=O) groups is 2. The van der Waals surface area contributed by atoms with E-state index < -0.39 is 26.6 Å². The molecule has 0 saturated carbocycles. The van der Waals surface area contributed by atoms with Gasteiger partial charge in [0.2, 0.25) is 0 Å². The summed E-state index contributed by atoms with van der Waals surface area (Å²) in [6.45, 7) is 0. The number of ketones is 2. The Morgan fingerprint density at radius 3 is 2.00 bits per heavy atom. The van der Waals surface area contributed by atoms with E-state index in [4.69, 9.17) is 0 Å². The van der Waals surface area contributed by atoms with Gasteiger partial charge in [-0.2, -0.15) is 8.42 Å². The highest BCUT2D eigenvalue weighted by Gasteiger charge is 2.33. The summed E-state index contributed by atoms with van der Waals surface area (Å²) in [6, 6.07) is 14.2. The molecule has 1 aliphatic rings. The summed E-state index contributed by atoms with van der Waals surface area (Å²) in [5, 5.41) is 12.3. The third-order valence-electron chi connectivity index (χ3n) is 4.44. The van der Waals surface area contributed by atoms with E-state index in [1.807, 2.05) is 0 Å². The first-order chi connectivity index (χ1) is 13.3. The number of fused-ring (bicyclic) bond motifs is 2. The lowest BCUT2D eigenvalue weighted by Gasteiger charge is -2.21. The third-order valence-corrected chi connectivity index (χ3v) is 5.28. The zero-order chi connectivity index (χ0) is 20.1. The molecule has 4 rings (SSSR count). The first-order valence-corrected chi connectivity index (χ1v) is 9.60. The van der Waals surface area contributed by atoms with Crippen LogP contribution in [0, 0.1) is 0 Å². The molecule has 140 valence electrons. The monoisotopic (exact) mass is 395 g/mol. The Hall–Kier alpha value is -3.49. The van der Waals surface area contributed by atoms with Crippen molar-refractivity contribution in [3.8, 4) is 5.75 Å². The van der Waals surface area contributed by atoms with Crippen molar-refractivity contribution in [1.82, 2.24) is 0 Å². The SMILES string of the molecule is O=C1c2ccccc2C(=O)c2c(Nc3ccc(O)cc3)cc(S(=O)(=O)O)cc21. The quantitative estimate of drug-likeness (QED) is 0.360. The van der Waals surface area contributed by atoms with Gasteiger partial charge in [-0.25, -0.2) is 0 Å². The van der Waals surface area contributed by atoms with Gasteiger partial charge in [-0.15, -0.1) is 0 Å². The number of phenols is 1. The first kappa shape index (κ1) is 17.9. The molecule has 0 heterocycles. The van der Waals surface area contributed by atoms with Crippen molar-refractivity contribution < 1.29 is 27.7 Å². The molecule has 0 spiro atoms. The molecular formula is C20H13NO6S. The summed E-state index contributed by atoms with van der Waals surface area (Å²) in [4.78, 5) is 25.4. The lowest BCUT2D eigenvalue weighted by Crippen LogP contribution is -2.23. The number of aromatic hydroxyl groups is 1. The van der Waals surface area contributed by atoms with Crippen LogP contribution in [0.5, 0.6) is 5.75 Å². The maximum atomic E-state index is 13.0. The summed E-state index contributed by atoms with van der Waals surface area (Å²) in [7, 11) is -4.62. The van der Waals surface area contributed by atoms with Gasteiger partial charge in [0.25, 0.3) is 10.1 Å². The number of carbonyl (C=O) groups excluding carboxylic acids is 2. The van der Waals surface area contributed by atoms with E-state index >= 15 is 0 Å². The van der Waals surface area contributed by atoms with Crippen LogP contribution in [0.3, 0.4) is 0 Å². The summed E-state index contributed by atoms with van der Waals surface area (Å²) < 4.78 is 32.9. The number of rotatable bonds is 3. The van der Waals surface area contributed by atoms with Crippen LogP contribution >= 0.6 is 0 Å². The number of hydrogen-bond acceptors (Lipinski definition) is 6. The molecule has 0 radical (unpaired) electrons. The number of anilines is 2. The average molecular weight is 395 g/mol. The minimum Gasteiger partial charge on any atom is -0.508 e. The fourth-order valence-electron chi connectivity index (χ4n) is 3.15. The predicted octanol–water partition coefficient (Wildman–Crippen LogP) is 3.16. The molecule has 7 nitrogen and oxygen atoms in total. The van der Waals surface area contributed by atoms with E-state index in [1.165, 1.54) is 36.4 Å². The van der Waals surface area contributed by atoms with Crippen LogP contribution in [0.25, 0.3) is 0 Å². The summed E-state index contributed by atoms with van der Waals surface area (Å²) in [6.07, 6.45) is 0. The van der Waals surface area contributed by atoms with Gasteiger partial charge in [-0.1, -0.05) is 24.3 Å². The Labute approximate surface area is 160 Å². The van der Waals surface area contributed by atoms with E-state index in [-0.39, 0.29) is 33.7 Å². The van der Waals surface area contributed by atoms with E-state index in [1.54, 1.807) is 12.1 Å². The molecule has 28 heavy (non-hydrogen) atoms. The van der Waals surface area contributed by atoms with Crippen molar-refractivity contribution in [3.63, 3.8) is 0 Å². The second-order valence-corrected chi connectivity index (χ2v) is 7.67. The van der Waals surface area contributed by atoms with Crippen LogP contribution in [-0.2, 0) is 10.1 Å². The average Bonchev–Trinajstić information content (AvgIpc) is 2.66. The normalized spacial score (nSPS) is 13.0. The number of hydrogen-bond donors (Lipinski definition) is 3. The highest BCUT2D eigenvalue weighted by molar-refractivity contribution is 7.85. The third kappa shape index (κ3) is 2.94. The highest BCUT2D eigenvalue weighted by atomic mass is 32.2. The Balaban J connectivity index is 1.96. The molecule has 0 amide bonds. The smallest absolute Gasteiger partial charge is 0.294 e. The molecule has 1 aliphatic carbocycles. The molecular weight excluding hydrogens is 382 g/mol. The van der Waals surface area contributed by atoms with Crippen LogP contribution in [0.4, 0.5) is 11.4 Å². The van der Waals surface area contributed by atoms with Gasteiger partial charge >= 0.3 is 0 Å². The van der Waals surface area contributed by atoms with Gasteiger partial charge < -0.3 is 10.4 Å². The van der Waals surface area contributed by atoms with Crippen molar-refractivity contribution >= 4 is 33.1 Å². The van der Waals surface area contributed by atoms with Gasteiger partial charge in [0.1, 0.15) is 5.75 Å². The van der Waals surface area contributed by atoms with Crippen molar-refractivity contribution in [1.29, 1.82) is 0 Å². The van der Waals surface area contributed by atoms with Gasteiger partial charge in [-0.05, 0) is 36.4 Å². The molecule has 3 aromatic carbocycles. The summed E-state index contributed by atoms with van der Waals surface area (Å²) in [5.41, 5.74) is 0.802. The Bertz CT molecular complexity index is 1250. The topological polar surface area (TPSA) is 121 Å². The van der Waals surface area contributed by atoms with Crippen molar-refractivity contribution in [2.45, 2.75) is 4.90 Å². The van der Waals surface area contributed by atoms with Crippen LogP contribution < -0.4 is 5.32 Å². The Morgan fingerprint density at radius 2 is 1.39 bits per heavy atom. The van der Waals surface area contributed by atoms with Crippen LogP contribution in [0.1, 0.15) is 31.8 Å². The lowest BCUT2D eigenvalue weighted by molar-refractivity contribution is 0.0979. The van der Waals surface area contributed by atoms with E-state index in [0.717, 1.165) is 12.1 Å². The summed E-state index contributed by atoms with van der Waals surface area (Å²) >= 11 is 0. The van der Waals surface area contributed by atoms with Crippen LogP contribution in [0.15, 0.2) is 65.6 Å². The van der Waals surface area contributed by atoms with Crippen molar-refractivity contribution in [3.05, 3.63) is 82.9 Å². The molecule has 0 atom stereocenters. The van der Waals surface area contributed by atoms with Gasteiger partial charge in [0.15, 0.2) is 11.6 Å². The fraction of sp³-hybridized carbons (Fsp3) is 0. The zero-order valence-electron chi connectivity index (χ0n) is 14.2. The zero-order valence-corrected chi connectivity index (χ0v) is 15.0. The van der Waals surface area contributed by atoms with E-state index in [9.17, 15) is 27.7 Å². The standard InChI is InChI=1S/C20H13NO6S/c22-12-7-5-11(6-8-12)21-17-10-13(28(25,26)27)9-16-18(17)20(24)15-4-2-1-3-14(15)19(16)23/h1-10,21-22H,(H,25,26,27). The summed E-state index contributed by atoms with van der Waals surface area (Å²) in [5.74, 6) is -0.919. The van der Waals surface area contributed by atoms with Crippen molar-refractivity contribution in [2.24, 2.45) is 0 Å². The minimum atomic E-state index is -4.62. The molecule has 0 unspecified atom stereocenters. The second kappa shape index (κ2) is 6.29. The van der Waals surface area contributed by atoms with E-state index in [0.29, 0.717) is 5.69 Å². The van der Waals surface area contributed by atoms with Gasteiger partial charge in [-0.3, -0.25) is 14.1 Å². The molecule has 3 N–H and O–H groups in total. The number of nitrogens with one attached hydrogen (secondary N) is 1. The minimum absolute atomic E-state index is 0.0178.